The van der Waals surface area contributed by atoms with Gasteiger partial charge in [-0.05, 0) is 70.6 Å². The van der Waals surface area contributed by atoms with Crippen molar-refractivity contribution < 1.29 is 19.1 Å². The van der Waals surface area contributed by atoms with Crippen molar-refractivity contribution in [3.05, 3.63) is 30.1 Å². The molecule has 8 heteroatoms. The molecular weight excluding hydrogens is 396 g/mol. The van der Waals surface area contributed by atoms with Gasteiger partial charge in [0.2, 0.25) is 0 Å². The van der Waals surface area contributed by atoms with Crippen molar-refractivity contribution in [1.29, 1.82) is 0 Å². The molecule has 170 valence electrons. The number of hydrogen-bond donors (Lipinski definition) is 1. The molecule has 2 amide bonds. The van der Waals surface area contributed by atoms with Crippen LogP contribution in [0.5, 0.6) is 0 Å². The Morgan fingerprint density at radius 1 is 1.23 bits per heavy atom. The maximum Gasteiger partial charge on any atom is 0.410 e. The van der Waals surface area contributed by atoms with Crippen LogP contribution >= 0.6 is 0 Å². The number of hydrogen-bond acceptors (Lipinski definition) is 5. The SMILES string of the molecule is COCNC(=O)c1ccc2c(c1)ncn2CCCC1CCN(C(=O)OC(C)(C)C)CC1. The van der Waals surface area contributed by atoms with Crippen LogP contribution in [0.1, 0.15) is 56.8 Å². The predicted molar refractivity (Wildman–Crippen MR) is 119 cm³/mol. The van der Waals surface area contributed by atoms with E-state index in [0.29, 0.717) is 11.5 Å². The Bertz CT molecular complexity index is 895. The number of rotatable bonds is 7. The summed E-state index contributed by atoms with van der Waals surface area (Å²) in [5.41, 5.74) is 1.97. The molecule has 0 saturated carbocycles. The highest BCUT2D eigenvalue weighted by molar-refractivity contribution is 5.97. The van der Waals surface area contributed by atoms with E-state index in [-0.39, 0.29) is 18.7 Å². The van der Waals surface area contributed by atoms with Crippen LogP contribution in [-0.4, -0.2) is 59.0 Å². The zero-order valence-electron chi connectivity index (χ0n) is 19.0. The number of piperidine rings is 1. The van der Waals surface area contributed by atoms with E-state index >= 15 is 0 Å². The minimum Gasteiger partial charge on any atom is -0.444 e. The molecule has 1 N–H and O–H groups in total. The number of likely N-dealkylation sites (tertiary alicyclic amines) is 1. The van der Waals surface area contributed by atoms with E-state index < -0.39 is 5.60 Å². The van der Waals surface area contributed by atoms with Crippen LogP contribution in [0.4, 0.5) is 4.79 Å². The lowest BCUT2D eigenvalue weighted by Gasteiger charge is -2.33. The average molecular weight is 431 g/mol. The molecule has 1 aliphatic heterocycles. The van der Waals surface area contributed by atoms with Gasteiger partial charge >= 0.3 is 6.09 Å². The first-order valence-electron chi connectivity index (χ1n) is 11.0. The van der Waals surface area contributed by atoms with E-state index in [1.807, 2.05) is 50.2 Å². The van der Waals surface area contributed by atoms with Crippen LogP contribution in [0.15, 0.2) is 24.5 Å². The van der Waals surface area contributed by atoms with Gasteiger partial charge in [0.05, 0.1) is 17.4 Å². The third-order valence-electron chi connectivity index (χ3n) is 5.54. The number of aryl methyl sites for hydroxylation is 1. The fourth-order valence-electron chi connectivity index (χ4n) is 3.90. The van der Waals surface area contributed by atoms with Crippen molar-refractivity contribution in [2.24, 2.45) is 5.92 Å². The van der Waals surface area contributed by atoms with E-state index in [9.17, 15) is 9.59 Å². The number of methoxy groups -OCH3 is 1. The summed E-state index contributed by atoms with van der Waals surface area (Å²) in [6.07, 6.45) is 5.85. The number of ether oxygens (including phenoxy) is 2. The second kappa shape index (κ2) is 10.1. The number of benzene rings is 1. The Morgan fingerprint density at radius 2 is 1.97 bits per heavy atom. The number of imidazole rings is 1. The van der Waals surface area contributed by atoms with Gasteiger partial charge in [0, 0.05) is 32.3 Å². The first-order chi connectivity index (χ1) is 14.8. The van der Waals surface area contributed by atoms with E-state index in [1.54, 1.807) is 0 Å². The minimum absolute atomic E-state index is 0.170. The molecule has 1 aromatic carbocycles. The Kier molecular flexibility index (Phi) is 7.54. The van der Waals surface area contributed by atoms with Crippen molar-refractivity contribution in [3.63, 3.8) is 0 Å². The smallest absolute Gasteiger partial charge is 0.410 e. The van der Waals surface area contributed by atoms with Gasteiger partial charge in [-0.25, -0.2) is 9.78 Å². The van der Waals surface area contributed by atoms with Crippen molar-refractivity contribution >= 4 is 23.0 Å². The Balaban J connectivity index is 1.46. The first-order valence-corrected chi connectivity index (χ1v) is 11.0. The average Bonchev–Trinajstić information content (AvgIpc) is 3.13. The molecule has 0 radical (unpaired) electrons. The monoisotopic (exact) mass is 430 g/mol. The zero-order chi connectivity index (χ0) is 22.4. The van der Waals surface area contributed by atoms with E-state index in [0.717, 1.165) is 56.4 Å². The Morgan fingerprint density at radius 3 is 2.65 bits per heavy atom. The van der Waals surface area contributed by atoms with Crippen molar-refractivity contribution in [2.45, 2.75) is 58.6 Å². The molecule has 2 heterocycles. The van der Waals surface area contributed by atoms with Gasteiger partial charge in [-0.15, -0.1) is 0 Å². The molecule has 1 aliphatic rings. The lowest BCUT2D eigenvalue weighted by atomic mass is 9.92. The quantitative estimate of drug-likeness (QED) is 0.676. The highest BCUT2D eigenvalue weighted by Crippen LogP contribution is 2.24. The van der Waals surface area contributed by atoms with Crippen LogP contribution in [-0.2, 0) is 16.0 Å². The minimum atomic E-state index is -0.448. The molecule has 1 aromatic heterocycles. The molecule has 2 aromatic rings. The molecule has 1 saturated heterocycles. The Labute approximate surface area is 183 Å². The standard InChI is InChI=1S/C23H34N4O4/c1-23(2,3)31-22(29)26-12-9-17(10-13-26)6-5-11-27-15-24-19-14-18(7-8-20(19)27)21(28)25-16-30-4/h7-8,14-15,17H,5-6,9-13,16H2,1-4H3,(H,25,28). The summed E-state index contributed by atoms with van der Waals surface area (Å²) < 4.78 is 12.5. The number of fused-ring (bicyclic) bond motifs is 1. The fraction of sp³-hybridized carbons (Fsp3) is 0.609. The highest BCUT2D eigenvalue weighted by atomic mass is 16.6. The second-order valence-corrected chi connectivity index (χ2v) is 9.13. The number of nitrogens with one attached hydrogen (secondary N) is 1. The fourth-order valence-corrected chi connectivity index (χ4v) is 3.90. The third-order valence-corrected chi connectivity index (χ3v) is 5.54. The molecule has 0 spiro atoms. The molecule has 31 heavy (non-hydrogen) atoms. The van der Waals surface area contributed by atoms with Crippen LogP contribution in [0, 0.1) is 5.92 Å². The van der Waals surface area contributed by atoms with Gasteiger partial charge in [0.25, 0.3) is 5.91 Å². The van der Waals surface area contributed by atoms with Gasteiger partial charge < -0.3 is 24.3 Å². The molecule has 0 unspecified atom stereocenters. The van der Waals surface area contributed by atoms with Crippen molar-refractivity contribution in [1.82, 2.24) is 19.8 Å². The first kappa shape index (κ1) is 23.1. The maximum absolute atomic E-state index is 12.2. The largest absolute Gasteiger partial charge is 0.444 e. The molecule has 0 bridgehead atoms. The molecule has 0 atom stereocenters. The summed E-state index contributed by atoms with van der Waals surface area (Å²) in [5, 5.41) is 2.68. The van der Waals surface area contributed by atoms with Crippen molar-refractivity contribution in [3.8, 4) is 0 Å². The topological polar surface area (TPSA) is 85.7 Å². The van der Waals surface area contributed by atoms with Gasteiger partial charge in [-0.1, -0.05) is 0 Å². The highest BCUT2D eigenvalue weighted by Gasteiger charge is 2.26. The van der Waals surface area contributed by atoms with Gasteiger partial charge in [0.15, 0.2) is 0 Å². The molecular formula is C23H34N4O4. The summed E-state index contributed by atoms with van der Waals surface area (Å²) in [6.45, 7) is 8.29. The maximum atomic E-state index is 12.2. The number of nitrogens with zero attached hydrogens (tertiary/aromatic N) is 3. The lowest BCUT2D eigenvalue weighted by molar-refractivity contribution is 0.0180. The van der Waals surface area contributed by atoms with E-state index in [4.69, 9.17) is 9.47 Å². The van der Waals surface area contributed by atoms with Crippen LogP contribution in [0.25, 0.3) is 11.0 Å². The summed E-state index contributed by atoms with van der Waals surface area (Å²) in [4.78, 5) is 30.6. The number of carbonyl (C=O) groups excluding carboxylic acids is 2. The van der Waals surface area contributed by atoms with E-state index in [2.05, 4.69) is 14.9 Å². The van der Waals surface area contributed by atoms with Gasteiger partial charge in [-0.2, -0.15) is 0 Å². The number of carbonyl (C=O) groups is 2. The number of amides is 2. The van der Waals surface area contributed by atoms with E-state index in [1.165, 1.54) is 7.11 Å². The summed E-state index contributed by atoms with van der Waals surface area (Å²) >= 11 is 0. The summed E-state index contributed by atoms with van der Waals surface area (Å²) in [5.74, 6) is 0.459. The molecule has 0 aliphatic carbocycles. The summed E-state index contributed by atoms with van der Waals surface area (Å²) in [6, 6.07) is 5.57. The van der Waals surface area contributed by atoms with Crippen LogP contribution < -0.4 is 5.32 Å². The van der Waals surface area contributed by atoms with Gasteiger partial charge in [0.1, 0.15) is 12.3 Å². The van der Waals surface area contributed by atoms with Crippen molar-refractivity contribution in [2.75, 3.05) is 26.9 Å². The predicted octanol–water partition coefficient (Wildman–Crippen LogP) is 3.80. The van der Waals surface area contributed by atoms with Crippen LogP contribution in [0.3, 0.4) is 0 Å². The zero-order valence-corrected chi connectivity index (χ0v) is 19.0. The third kappa shape index (κ3) is 6.43. The normalized spacial score (nSPS) is 15.3. The number of aromatic nitrogens is 2. The molecule has 8 nitrogen and oxygen atoms in total. The van der Waals surface area contributed by atoms with Crippen LogP contribution in [0.2, 0.25) is 0 Å². The lowest BCUT2D eigenvalue weighted by Crippen LogP contribution is -2.41. The molecule has 1 fully saturated rings. The molecule has 3 rings (SSSR count). The Hall–Kier alpha value is -2.61. The van der Waals surface area contributed by atoms with Gasteiger partial charge in [-0.3, -0.25) is 4.79 Å². The second-order valence-electron chi connectivity index (χ2n) is 9.13. The summed E-state index contributed by atoms with van der Waals surface area (Å²) in [7, 11) is 1.54.